The van der Waals surface area contributed by atoms with Crippen LogP contribution in [0.1, 0.15) is 91.4 Å². The van der Waals surface area contributed by atoms with Gasteiger partial charge in [0.2, 0.25) is 0 Å². The summed E-state index contributed by atoms with van der Waals surface area (Å²) in [5.41, 5.74) is 0.882. The third-order valence-electron chi connectivity index (χ3n) is 10.2. The molecule has 3 nitrogen and oxygen atoms in total. The van der Waals surface area contributed by atoms with E-state index in [0.29, 0.717) is 29.1 Å². The molecule has 154 valence electrons. The van der Waals surface area contributed by atoms with Gasteiger partial charge in [0, 0.05) is 6.42 Å². The first-order chi connectivity index (χ1) is 12.8. The molecule has 0 saturated heterocycles. The minimum Gasteiger partial charge on any atom is -0.481 e. The van der Waals surface area contributed by atoms with E-state index in [-0.39, 0.29) is 6.10 Å². The summed E-state index contributed by atoms with van der Waals surface area (Å²) in [7, 11) is 0. The van der Waals surface area contributed by atoms with Crippen LogP contribution in [-0.4, -0.2) is 22.3 Å². The van der Waals surface area contributed by atoms with E-state index in [2.05, 4.69) is 20.8 Å². The maximum absolute atomic E-state index is 11.0. The fourth-order valence-electron chi connectivity index (χ4n) is 8.76. The Morgan fingerprint density at radius 3 is 2.44 bits per heavy atom. The van der Waals surface area contributed by atoms with E-state index in [1.807, 2.05) is 0 Å². The van der Waals surface area contributed by atoms with Gasteiger partial charge in [-0.2, -0.15) is 0 Å². The molecule has 0 aliphatic heterocycles. The van der Waals surface area contributed by atoms with Crippen LogP contribution in [0.15, 0.2) is 0 Å². The first-order valence-electron chi connectivity index (χ1n) is 11.7. The number of carboxylic acid groups (broad SMARTS) is 1. The highest BCUT2D eigenvalue weighted by Crippen LogP contribution is 2.68. The van der Waals surface area contributed by atoms with Gasteiger partial charge >= 0.3 is 5.97 Å². The van der Waals surface area contributed by atoms with E-state index < -0.39 is 5.97 Å². The predicted octanol–water partition coefficient (Wildman–Crippen LogP) is 5.51. The van der Waals surface area contributed by atoms with Crippen molar-refractivity contribution in [2.24, 2.45) is 46.3 Å². The number of carboxylic acids is 1. The molecular weight excluding hydrogens is 336 g/mol. The Labute approximate surface area is 165 Å². The van der Waals surface area contributed by atoms with E-state index in [4.69, 9.17) is 5.11 Å². The second-order valence-electron chi connectivity index (χ2n) is 11.2. The molecule has 0 aromatic carbocycles. The van der Waals surface area contributed by atoms with Crippen LogP contribution < -0.4 is 0 Å². The van der Waals surface area contributed by atoms with Gasteiger partial charge in [0.15, 0.2) is 0 Å². The van der Waals surface area contributed by atoms with Gasteiger partial charge in [0.25, 0.3) is 0 Å². The van der Waals surface area contributed by atoms with Gasteiger partial charge < -0.3 is 10.2 Å². The number of aliphatic carboxylic acids is 1. The normalized spacial score (nSPS) is 50.4. The maximum atomic E-state index is 11.0. The highest BCUT2D eigenvalue weighted by atomic mass is 16.4. The Morgan fingerprint density at radius 2 is 1.70 bits per heavy atom. The fourth-order valence-corrected chi connectivity index (χ4v) is 8.76. The van der Waals surface area contributed by atoms with Crippen molar-refractivity contribution in [1.29, 1.82) is 0 Å². The highest BCUT2D eigenvalue weighted by Gasteiger charge is 2.60. The number of aliphatic hydroxyl groups is 1. The first-order valence-corrected chi connectivity index (χ1v) is 11.7. The molecule has 0 heterocycles. The number of hydrogen-bond donors (Lipinski definition) is 2. The smallest absolute Gasteiger partial charge is 0.303 e. The fraction of sp³-hybridized carbons (Fsp3) is 0.958. The lowest BCUT2D eigenvalue weighted by atomic mass is 9.44. The van der Waals surface area contributed by atoms with Gasteiger partial charge in [-0.15, -0.1) is 0 Å². The molecule has 27 heavy (non-hydrogen) atoms. The molecule has 2 N–H and O–H groups in total. The molecule has 4 aliphatic carbocycles. The van der Waals surface area contributed by atoms with Gasteiger partial charge in [-0.25, -0.2) is 0 Å². The molecule has 0 bridgehead atoms. The molecule has 0 aromatic rings. The average Bonchev–Trinajstić information content (AvgIpc) is 2.97. The second kappa shape index (κ2) is 7.04. The van der Waals surface area contributed by atoms with E-state index in [9.17, 15) is 9.90 Å². The number of aliphatic hydroxyl groups excluding tert-OH is 1. The summed E-state index contributed by atoms with van der Waals surface area (Å²) in [5, 5.41) is 19.3. The van der Waals surface area contributed by atoms with E-state index in [1.54, 1.807) is 0 Å². The minimum atomic E-state index is -0.643. The van der Waals surface area contributed by atoms with Crippen molar-refractivity contribution in [3.8, 4) is 0 Å². The highest BCUT2D eigenvalue weighted by molar-refractivity contribution is 5.66. The number of carbonyl (C=O) groups is 1. The van der Waals surface area contributed by atoms with Crippen molar-refractivity contribution in [2.75, 3.05) is 0 Å². The van der Waals surface area contributed by atoms with Gasteiger partial charge in [0.05, 0.1) is 6.10 Å². The van der Waals surface area contributed by atoms with E-state index in [0.717, 1.165) is 42.9 Å². The largest absolute Gasteiger partial charge is 0.481 e. The summed E-state index contributed by atoms with van der Waals surface area (Å²) in [6.45, 7) is 7.43. The van der Waals surface area contributed by atoms with Crippen LogP contribution in [-0.2, 0) is 4.79 Å². The second-order valence-corrected chi connectivity index (χ2v) is 11.2. The molecule has 4 rings (SSSR count). The number of rotatable bonds is 4. The topological polar surface area (TPSA) is 57.5 Å². The van der Waals surface area contributed by atoms with Crippen molar-refractivity contribution in [3.05, 3.63) is 0 Å². The summed E-state index contributed by atoms with van der Waals surface area (Å²) < 4.78 is 0. The molecule has 4 aliphatic rings. The number of hydrogen-bond acceptors (Lipinski definition) is 2. The van der Waals surface area contributed by atoms with Crippen LogP contribution in [0, 0.1) is 46.3 Å². The molecule has 9 atom stereocenters. The Bertz CT molecular complexity index is 574. The molecule has 0 radical (unpaired) electrons. The van der Waals surface area contributed by atoms with Crippen molar-refractivity contribution >= 4 is 5.97 Å². The molecule has 0 amide bonds. The van der Waals surface area contributed by atoms with Crippen LogP contribution in [0.4, 0.5) is 0 Å². The Hall–Kier alpha value is -0.570. The standard InChI is InChI=1S/C24H40O3/c1-15(4-9-22(26)27)19-7-8-20-18-6-5-16-14-17(25)10-12-23(16,2)21(18)11-13-24(19,20)3/h15-21,25H,4-14H2,1-3H3,(H,26,27)/t15-,16-,17-,18?,19-,20?,21?,23+,24-/m1/s1. The minimum absolute atomic E-state index is 0.0561. The van der Waals surface area contributed by atoms with Gasteiger partial charge in [-0.05, 0) is 111 Å². The zero-order valence-corrected chi connectivity index (χ0v) is 17.6. The summed E-state index contributed by atoms with van der Waals surface area (Å²) >= 11 is 0. The van der Waals surface area contributed by atoms with Crippen LogP contribution in [0.2, 0.25) is 0 Å². The predicted molar refractivity (Wildman–Crippen MR) is 107 cm³/mol. The monoisotopic (exact) mass is 376 g/mol. The lowest BCUT2D eigenvalue weighted by Gasteiger charge is -2.61. The third-order valence-corrected chi connectivity index (χ3v) is 10.2. The zero-order chi connectivity index (χ0) is 19.4. The van der Waals surface area contributed by atoms with Crippen molar-refractivity contribution in [2.45, 2.75) is 97.5 Å². The Balaban J connectivity index is 1.51. The van der Waals surface area contributed by atoms with Gasteiger partial charge in [-0.1, -0.05) is 20.8 Å². The van der Waals surface area contributed by atoms with Crippen LogP contribution in [0.25, 0.3) is 0 Å². The van der Waals surface area contributed by atoms with Crippen molar-refractivity contribution in [1.82, 2.24) is 0 Å². The van der Waals surface area contributed by atoms with Crippen LogP contribution in [0.3, 0.4) is 0 Å². The first kappa shape index (κ1) is 19.7. The quantitative estimate of drug-likeness (QED) is 0.680. The van der Waals surface area contributed by atoms with E-state index in [1.165, 1.54) is 44.9 Å². The van der Waals surface area contributed by atoms with Crippen molar-refractivity contribution in [3.63, 3.8) is 0 Å². The Kier molecular flexibility index (Phi) is 5.15. The van der Waals surface area contributed by atoms with Gasteiger partial charge in [-0.3, -0.25) is 4.79 Å². The maximum Gasteiger partial charge on any atom is 0.303 e. The Morgan fingerprint density at radius 1 is 1.00 bits per heavy atom. The lowest BCUT2D eigenvalue weighted by molar-refractivity contribution is -0.138. The molecule has 4 saturated carbocycles. The summed E-state index contributed by atoms with van der Waals surface area (Å²) in [6, 6.07) is 0. The SMILES string of the molecule is C[C@H](CCC(=O)O)[C@H]1CCC2C3CC[C@@H]4C[C@H](O)CC[C@]4(C)C3CC[C@@]21C. The summed E-state index contributed by atoms with van der Waals surface area (Å²) in [4.78, 5) is 11.0. The molecular formula is C24H40O3. The average molecular weight is 377 g/mol. The van der Waals surface area contributed by atoms with Crippen LogP contribution in [0.5, 0.6) is 0 Å². The van der Waals surface area contributed by atoms with Crippen LogP contribution >= 0.6 is 0 Å². The van der Waals surface area contributed by atoms with Gasteiger partial charge in [0.1, 0.15) is 0 Å². The zero-order valence-electron chi connectivity index (χ0n) is 17.6. The van der Waals surface area contributed by atoms with E-state index >= 15 is 0 Å². The molecule has 4 fully saturated rings. The molecule has 0 spiro atoms. The third kappa shape index (κ3) is 3.16. The molecule has 0 aromatic heterocycles. The lowest BCUT2D eigenvalue weighted by Crippen LogP contribution is -2.54. The molecule has 3 heteroatoms. The summed E-state index contributed by atoms with van der Waals surface area (Å²) in [5.74, 6) is 3.91. The molecule has 3 unspecified atom stereocenters. The van der Waals surface area contributed by atoms with Crippen molar-refractivity contribution < 1.29 is 15.0 Å². The number of fused-ring (bicyclic) bond motifs is 5. The summed E-state index contributed by atoms with van der Waals surface area (Å²) in [6.07, 6.45) is 12.4.